The normalized spacial score (nSPS) is 12.9. The molecule has 0 fully saturated rings. The first-order valence-electron chi connectivity index (χ1n) is 4.25. The molecule has 1 unspecified atom stereocenters. The number of aromatic nitrogens is 1. The lowest BCUT2D eigenvalue weighted by molar-refractivity contribution is -0.138. The van der Waals surface area contributed by atoms with Crippen molar-refractivity contribution in [2.45, 2.75) is 12.8 Å². The first-order valence-corrected chi connectivity index (χ1v) is 4.25. The molecule has 72 valence electrons. The molecule has 0 spiro atoms. The fraction of sp³-hybridized carbons (Fsp3) is 0.200. The van der Waals surface area contributed by atoms with E-state index in [9.17, 15) is 4.79 Å². The van der Waals surface area contributed by atoms with Crippen LogP contribution in [-0.2, 0) is 4.79 Å². The van der Waals surface area contributed by atoms with Crippen molar-refractivity contribution in [3.63, 3.8) is 0 Å². The lowest BCUT2D eigenvalue weighted by atomic mass is 10.1. The Morgan fingerprint density at radius 1 is 1.64 bits per heavy atom. The van der Waals surface area contributed by atoms with Crippen molar-refractivity contribution >= 4 is 16.9 Å². The Labute approximate surface area is 80.2 Å². The maximum atomic E-state index is 10.7. The largest absolute Gasteiger partial charge is 0.481 e. The van der Waals surface area contributed by atoms with E-state index in [0.29, 0.717) is 11.3 Å². The van der Waals surface area contributed by atoms with Gasteiger partial charge in [0.25, 0.3) is 0 Å². The molecule has 2 aromatic heterocycles. The molecule has 0 aliphatic carbocycles. The number of carboxylic acids is 1. The third-order valence-electron chi connectivity index (χ3n) is 2.14. The van der Waals surface area contributed by atoms with Gasteiger partial charge >= 0.3 is 5.97 Å². The standard InChI is InChI=1S/C10H9NO3/c1-6(10(12)13)8-4-7-2-3-11-5-9(7)14-8/h2-6H,1H3,(H,12,13). The Balaban J connectivity index is 2.50. The van der Waals surface area contributed by atoms with Crippen LogP contribution in [0, 0.1) is 0 Å². The number of furan rings is 1. The fourth-order valence-corrected chi connectivity index (χ4v) is 1.24. The molecule has 1 atom stereocenters. The molecule has 1 N–H and O–H groups in total. The maximum absolute atomic E-state index is 10.7. The summed E-state index contributed by atoms with van der Waals surface area (Å²) in [6.45, 7) is 1.59. The van der Waals surface area contributed by atoms with Crippen LogP contribution >= 0.6 is 0 Å². The molecule has 0 aliphatic heterocycles. The number of fused-ring (bicyclic) bond motifs is 1. The van der Waals surface area contributed by atoms with Crippen molar-refractivity contribution in [3.8, 4) is 0 Å². The highest BCUT2D eigenvalue weighted by molar-refractivity contribution is 5.80. The zero-order valence-corrected chi connectivity index (χ0v) is 7.60. The van der Waals surface area contributed by atoms with Crippen molar-refractivity contribution in [1.82, 2.24) is 4.98 Å². The smallest absolute Gasteiger partial charge is 0.313 e. The van der Waals surface area contributed by atoms with Crippen molar-refractivity contribution < 1.29 is 14.3 Å². The minimum Gasteiger partial charge on any atom is -0.481 e. The highest BCUT2D eigenvalue weighted by Crippen LogP contribution is 2.24. The molecule has 4 heteroatoms. The molecule has 2 heterocycles. The van der Waals surface area contributed by atoms with Crippen molar-refractivity contribution in [2.24, 2.45) is 0 Å². The Hall–Kier alpha value is -1.84. The molecule has 0 aliphatic rings. The van der Waals surface area contributed by atoms with Crippen molar-refractivity contribution in [1.29, 1.82) is 0 Å². The van der Waals surface area contributed by atoms with Gasteiger partial charge in [0, 0.05) is 11.6 Å². The Bertz CT molecular complexity index is 442. The molecular formula is C10H9NO3. The van der Waals surface area contributed by atoms with Gasteiger partial charge in [-0.15, -0.1) is 0 Å². The van der Waals surface area contributed by atoms with E-state index in [1.54, 1.807) is 31.5 Å². The Morgan fingerprint density at radius 2 is 2.43 bits per heavy atom. The lowest BCUT2D eigenvalue weighted by Crippen LogP contribution is -2.05. The number of aliphatic carboxylic acids is 1. The summed E-state index contributed by atoms with van der Waals surface area (Å²) in [6.07, 6.45) is 3.22. The van der Waals surface area contributed by atoms with E-state index >= 15 is 0 Å². The number of hydrogen-bond donors (Lipinski definition) is 1. The predicted octanol–water partition coefficient (Wildman–Crippen LogP) is 2.02. The second-order valence-corrected chi connectivity index (χ2v) is 3.12. The molecule has 4 nitrogen and oxygen atoms in total. The number of rotatable bonds is 2. The summed E-state index contributed by atoms with van der Waals surface area (Å²) in [5.74, 6) is -1.06. The molecular weight excluding hydrogens is 182 g/mol. The summed E-state index contributed by atoms with van der Waals surface area (Å²) in [5, 5.41) is 9.66. The van der Waals surface area contributed by atoms with Crippen LogP contribution in [0.3, 0.4) is 0 Å². The van der Waals surface area contributed by atoms with Crippen LogP contribution in [0.5, 0.6) is 0 Å². The second-order valence-electron chi connectivity index (χ2n) is 3.12. The quantitative estimate of drug-likeness (QED) is 0.788. The SMILES string of the molecule is CC(C(=O)O)c1cc2ccncc2o1. The van der Waals surface area contributed by atoms with Gasteiger partial charge < -0.3 is 9.52 Å². The minimum absolute atomic E-state index is 0.459. The van der Waals surface area contributed by atoms with E-state index < -0.39 is 11.9 Å². The third-order valence-corrected chi connectivity index (χ3v) is 2.14. The molecule has 0 saturated heterocycles. The molecule has 0 aromatic carbocycles. The van der Waals surface area contributed by atoms with Gasteiger partial charge in [-0.3, -0.25) is 9.78 Å². The van der Waals surface area contributed by atoms with Gasteiger partial charge in [-0.25, -0.2) is 0 Å². The molecule has 2 aromatic rings. The van der Waals surface area contributed by atoms with Gasteiger partial charge in [0.1, 0.15) is 11.7 Å². The van der Waals surface area contributed by atoms with Crippen LogP contribution in [0.2, 0.25) is 0 Å². The number of pyridine rings is 1. The molecule has 0 amide bonds. The van der Waals surface area contributed by atoms with E-state index in [1.165, 1.54) is 0 Å². The van der Waals surface area contributed by atoms with Crippen LogP contribution in [-0.4, -0.2) is 16.1 Å². The molecule has 2 rings (SSSR count). The molecule has 0 bridgehead atoms. The van der Waals surface area contributed by atoms with Gasteiger partial charge in [0.05, 0.1) is 6.20 Å². The van der Waals surface area contributed by atoms with E-state index in [2.05, 4.69) is 4.98 Å². The van der Waals surface area contributed by atoms with E-state index in [1.807, 2.05) is 0 Å². The Kier molecular flexibility index (Phi) is 1.96. The van der Waals surface area contributed by atoms with Crippen LogP contribution < -0.4 is 0 Å². The van der Waals surface area contributed by atoms with Crippen LogP contribution in [0.15, 0.2) is 28.9 Å². The third kappa shape index (κ3) is 1.35. The fourth-order valence-electron chi connectivity index (χ4n) is 1.24. The second kappa shape index (κ2) is 3.14. The highest BCUT2D eigenvalue weighted by atomic mass is 16.4. The van der Waals surface area contributed by atoms with Gasteiger partial charge in [0.15, 0.2) is 5.58 Å². The summed E-state index contributed by atoms with van der Waals surface area (Å²) >= 11 is 0. The van der Waals surface area contributed by atoms with Crippen LogP contribution in [0.25, 0.3) is 11.0 Å². The highest BCUT2D eigenvalue weighted by Gasteiger charge is 2.17. The first kappa shape index (κ1) is 8.74. The zero-order valence-electron chi connectivity index (χ0n) is 7.60. The number of nitrogens with zero attached hydrogens (tertiary/aromatic N) is 1. The maximum Gasteiger partial charge on any atom is 0.313 e. The summed E-state index contributed by atoms with van der Waals surface area (Å²) < 4.78 is 5.35. The van der Waals surface area contributed by atoms with E-state index in [-0.39, 0.29) is 0 Å². The van der Waals surface area contributed by atoms with Gasteiger partial charge in [-0.1, -0.05) is 0 Å². The van der Waals surface area contributed by atoms with Gasteiger partial charge in [0.2, 0.25) is 0 Å². The minimum atomic E-state index is -0.892. The summed E-state index contributed by atoms with van der Waals surface area (Å²) in [7, 11) is 0. The monoisotopic (exact) mass is 191 g/mol. The van der Waals surface area contributed by atoms with Crippen LogP contribution in [0.1, 0.15) is 18.6 Å². The molecule has 0 radical (unpaired) electrons. The van der Waals surface area contributed by atoms with Gasteiger partial charge in [-0.05, 0) is 19.1 Å². The van der Waals surface area contributed by atoms with Crippen LogP contribution in [0.4, 0.5) is 0 Å². The van der Waals surface area contributed by atoms with Crippen molar-refractivity contribution in [2.75, 3.05) is 0 Å². The number of carbonyl (C=O) groups is 1. The Morgan fingerprint density at radius 3 is 3.07 bits per heavy atom. The summed E-state index contributed by atoms with van der Waals surface area (Å²) in [6, 6.07) is 3.52. The number of carboxylic acid groups (broad SMARTS) is 1. The van der Waals surface area contributed by atoms with E-state index in [0.717, 1.165) is 5.39 Å². The van der Waals surface area contributed by atoms with E-state index in [4.69, 9.17) is 9.52 Å². The molecule has 0 saturated carbocycles. The average Bonchev–Trinajstić information content (AvgIpc) is 2.59. The molecule has 14 heavy (non-hydrogen) atoms. The number of hydrogen-bond acceptors (Lipinski definition) is 3. The summed E-state index contributed by atoms with van der Waals surface area (Å²) in [4.78, 5) is 14.6. The summed E-state index contributed by atoms with van der Waals surface area (Å²) in [5.41, 5.74) is 0.621. The topological polar surface area (TPSA) is 63.3 Å². The van der Waals surface area contributed by atoms with Crippen molar-refractivity contribution in [3.05, 3.63) is 30.3 Å². The zero-order chi connectivity index (χ0) is 10.1. The predicted molar refractivity (Wildman–Crippen MR) is 50.1 cm³/mol. The van der Waals surface area contributed by atoms with Gasteiger partial charge in [-0.2, -0.15) is 0 Å². The average molecular weight is 191 g/mol. The first-order chi connectivity index (χ1) is 6.68. The lowest BCUT2D eigenvalue weighted by Gasteiger charge is -1.99.